The minimum atomic E-state index is -0.144. The first-order valence-corrected chi connectivity index (χ1v) is 5.06. The van der Waals surface area contributed by atoms with Crippen molar-refractivity contribution in [3.8, 4) is 0 Å². The van der Waals surface area contributed by atoms with Gasteiger partial charge in [0.05, 0.1) is 0 Å². The predicted octanol–water partition coefficient (Wildman–Crippen LogP) is 2.76. The van der Waals surface area contributed by atoms with Crippen LogP contribution in [-0.4, -0.2) is 12.1 Å². The molecule has 76 valence electrons. The maximum Gasteiger partial charge on any atom is 0.302 e. The van der Waals surface area contributed by atoms with Gasteiger partial charge in [0, 0.05) is 6.92 Å². The van der Waals surface area contributed by atoms with Crippen LogP contribution >= 0.6 is 0 Å². The van der Waals surface area contributed by atoms with E-state index in [1.807, 2.05) is 0 Å². The minimum Gasteiger partial charge on any atom is -0.463 e. The molecule has 1 fully saturated rings. The maximum atomic E-state index is 10.8. The van der Waals surface area contributed by atoms with Gasteiger partial charge in [-0.25, -0.2) is 0 Å². The fraction of sp³-hybridized carbons (Fsp3) is 0.909. The summed E-state index contributed by atoms with van der Waals surface area (Å²) in [5.74, 6) is 0.531. The van der Waals surface area contributed by atoms with Gasteiger partial charge in [-0.1, -0.05) is 20.8 Å². The van der Waals surface area contributed by atoms with Gasteiger partial charge in [0.15, 0.2) is 0 Å². The first kappa shape index (κ1) is 10.6. The third-order valence-corrected chi connectivity index (χ3v) is 2.68. The number of rotatable bonds is 1. The molecule has 13 heavy (non-hydrogen) atoms. The molecule has 0 N–H and O–H groups in total. The Hall–Kier alpha value is -0.530. The zero-order valence-corrected chi connectivity index (χ0v) is 9.09. The lowest BCUT2D eigenvalue weighted by molar-refractivity contribution is -0.150. The normalized spacial score (nSPS) is 32.6. The zero-order chi connectivity index (χ0) is 10.1. The third kappa shape index (κ3) is 3.37. The Bertz CT molecular complexity index is 196. The van der Waals surface area contributed by atoms with Crippen LogP contribution in [0.3, 0.4) is 0 Å². The van der Waals surface area contributed by atoms with E-state index < -0.39 is 0 Å². The summed E-state index contributed by atoms with van der Waals surface area (Å²) in [7, 11) is 0. The molecule has 0 saturated heterocycles. The zero-order valence-electron chi connectivity index (χ0n) is 9.09. The summed E-state index contributed by atoms with van der Waals surface area (Å²) in [5, 5.41) is 0. The van der Waals surface area contributed by atoms with Crippen molar-refractivity contribution >= 4 is 5.97 Å². The molecule has 0 aromatic carbocycles. The summed E-state index contributed by atoms with van der Waals surface area (Å²) < 4.78 is 5.26. The SMILES string of the molecule is CC(=O)O[C@@H]1C[C@H](C)CC(C)(C)C1. The van der Waals surface area contributed by atoms with Crippen LogP contribution in [-0.2, 0) is 9.53 Å². The smallest absolute Gasteiger partial charge is 0.302 e. The van der Waals surface area contributed by atoms with Crippen LogP contribution < -0.4 is 0 Å². The molecule has 0 aliphatic heterocycles. The highest BCUT2D eigenvalue weighted by atomic mass is 16.5. The van der Waals surface area contributed by atoms with Gasteiger partial charge in [-0.3, -0.25) is 4.79 Å². The maximum absolute atomic E-state index is 10.8. The van der Waals surface area contributed by atoms with Gasteiger partial charge >= 0.3 is 5.97 Å². The lowest BCUT2D eigenvalue weighted by atomic mass is 9.71. The van der Waals surface area contributed by atoms with Crippen molar-refractivity contribution in [2.45, 2.75) is 53.1 Å². The monoisotopic (exact) mass is 184 g/mol. The molecule has 0 radical (unpaired) electrons. The van der Waals surface area contributed by atoms with E-state index in [4.69, 9.17) is 4.74 Å². The second-order valence-corrected chi connectivity index (χ2v) is 5.14. The molecule has 1 rings (SSSR count). The third-order valence-electron chi connectivity index (χ3n) is 2.68. The molecule has 0 aromatic heterocycles. The summed E-state index contributed by atoms with van der Waals surface area (Å²) in [4.78, 5) is 10.8. The highest BCUT2D eigenvalue weighted by Gasteiger charge is 2.33. The van der Waals surface area contributed by atoms with Crippen molar-refractivity contribution in [2.24, 2.45) is 11.3 Å². The topological polar surface area (TPSA) is 26.3 Å². The Labute approximate surface area is 80.7 Å². The van der Waals surface area contributed by atoms with E-state index in [1.54, 1.807) is 0 Å². The van der Waals surface area contributed by atoms with Crippen LogP contribution in [0.15, 0.2) is 0 Å². The molecule has 0 unspecified atom stereocenters. The summed E-state index contributed by atoms with van der Waals surface area (Å²) in [6.45, 7) is 8.22. The molecule has 0 heterocycles. The van der Waals surface area contributed by atoms with Crippen molar-refractivity contribution in [3.63, 3.8) is 0 Å². The van der Waals surface area contributed by atoms with E-state index in [9.17, 15) is 4.79 Å². The number of ether oxygens (including phenoxy) is 1. The highest BCUT2D eigenvalue weighted by Crippen LogP contribution is 2.39. The number of carbonyl (C=O) groups excluding carboxylic acids is 1. The molecular formula is C11H20O2. The van der Waals surface area contributed by atoms with Crippen LogP contribution in [0.4, 0.5) is 0 Å². The fourth-order valence-corrected chi connectivity index (χ4v) is 2.58. The van der Waals surface area contributed by atoms with E-state index in [1.165, 1.54) is 13.3 Å². The van der Waals surface area contributed by atoms with Gasteiger partial charge in [-0.2, -0.15) is 0 Å². The van der Waals surface area contributed by atoms with Crippen LogP contribution in [0.5, 0.6) is 0 Å². The van der Waals surface area contributed by atoms with Crippen LogP contribution in [0.25, 0.3) is 0 Å². The van der Waals surface area contributed by atoms with E-state index in [0.717, 1.165) is 12.8 Å². The first-order chi connectivity index (χ1) is 5.89. The Balaban J connectivity index is 2.52. The van der Waals surface area contributed by atoms with Gasteiger partial charge in [0.25, 0.3) is 0 Å². The Kier molecular flexibility index (Phi) is 2.99. The molecule has 1 aliphatic carbocycles. The molecular weight excluding hydrogens is 164 g/mol. The molecule has 2 heteroatoms. The van der Waals surface area contributed by atoms with Gasteiger partial charge in [0.1, 0.15) is 6.10 Å². The van der Waals surface area contributed by atoms with Gasteiger partial charge in [-0.15, -0.1) is 0 Å². The van der Waals surface area contributed by atoms with Gasteiger partial charge in [0.2, 0.25) is 0 Å². The van der Waals surface area contributed by atoms with Gasteiger partial charge in [-0.05, 0) is 30.6 Å². The lowest BCUT2D eigenvalue weighted by Crippen LogP contribution is -2.33. The Morgan fingerprint density at radius 2 is 2.00 bits per heavy atom. The van der Waals surface area contributed by atoms with Gasteiger partial charge < -0.3 is 4.74 Å². The summed E-state index contributed by atoms with van der Waals surface area (Å²) >= 11 is 0. The lowest BCUT2D eigenvalue weighted by Gasteiger charge is -2.38. The number of hydrogen-bond acceptors (Lipinski definition) is 2. The van der Waals surface area contributed by atoms with E-state index >= 15 is 0 Å². The van der Waals surface area contributed by atoms with E-state index in [2.05, 4.69) is 20.8 Å². The Morgan fingerprint density at radius 3 is 2.46 bits per heavy atom. The van der Waals surface area contributed by atoms with E-state index in [0.29, 0.717) is 11.3 Å². The molecule has 1 saturated carbocycles. The van der Waals surface area contributed by atoms with Crippen molar-refractivity contribution < 1.29 is 9.53 Å². The number of hydrogen-bond donors (Lipinski definition) is 0. The molecule has 0 amide bonds. The van der Waals surface area contributed by atoms with Crippen LogP contribution in [0, 0.1) is 11.3 Å². The predicted molar refractivity (Wildman–Crippen MR) is 52.4 cm³/mol. The average Bonchev–Trinajstić information content (AvgIpc) is 1.78. The first-order valence-electron chi connectivity index (χ1n) is 5.06. The molecule has 2 nitrogen and oxygen atoms in total. The quantitative estimate of drug-likeness (QED) is 0.586. The van der Waals surface area contributed by atoms with Crippen LogP contribution in [0.1, 0.15) is 47.0 Å². The molecule has 1 aliphatic rings. The van der Waals surface area contributed by atoms with Crippen molar-refractivity contribution in [1.29, 1.82) is 0 Å². The fourth-order valence-electron chi connectivity index (χ4n) is 2.58. The minimum absolute atomic E-state index is 0.144. The van der Waals surface area contributed by atoms with Crippen LogP contribution in [0.2, 0.25) is 0 Å². The largest absolute Gasteiger partial charge is 0.463 e. The second kappa shape index (κ2) is 3.69. The molecule has 0 aromatic rings. The second-order valence-electron chi connectivity index (χ2n) is 5.14. The Morgan fingerprint density at radius 1 is 1.38 bits per heavy atom. The van der Waals surface area contributed by atoms with Crippen molar-refractivity contribution in [1.82, 2.24) is 0 Å². The van der Waals surface area contributed by atoms with Crippen molar-refractivity contribution in [2.75, 3.05) is 0 Å². The van der Waals surface area contributed by atoms with Crippen molar-refractivity contribution in [3.05, 3.63) is 0 Å². The number of carbonyl (C=O) groups is 1. The molecule has 0 spiro atoms. The average molecular weight is 184 g/mol. The summed E-state index contributed by atoms with van der Waals surface area (Å²) in [5.41, 5.74) is 0.331. The molecule has 0 bridgehead atoms. The summed E-state index contributed by atoms with van der Waals surface area (Å²) in [6, 6.07) is 0. The summed E-state index contributed by atoms with van der Waals surface area (Å²) in [6.07, 6.45) is 3.43. The van der Waals surface area contributed by atoms with E-state index in [-0.39, 0.29) is 12.1 Å². The number of esters is 1. The highest BCUT2D eigenvalue weighted by molar-refractivity contribution is 5.66. The standard InChI is InChI=1S/C11H20O2/c1-8-5-10(13-9(2)12)7-11(3,4)6-8/h8,10H,5-7H2,1-4H3/t8-,10+/m0/s1. The molecule has 2 atom stereocenters.